The molecule has 98 valence electrons. The largest absolute Gasteiger partial charge is 0.622 e. The van der Waals surface area contributed by atoms with E-state index in [2.05, 4.69) is 0 Å². The van der Waals surface area contributed by atoms with Gasteiger partial charge in [-0.1, -0.05) is 0 Å². The van der Waals surface area contributed by atoms with Gasteiger partial charge in [-0.15, -0.1) is 0 Å². The number of hydrogen-bond donors (Lipinski definition) is 1. The first kappa shape index (κ1) is 15.9. The highest BCUT2D eigenvalue weighted by Gasteiger charge is 2.39. The second-order valence-electron chi connectivity index (χ2n) is 5.87. The van der Waals surface area contributed by atoms with E-state index in [9.17, 15) is 10.4 Å². The normalized spacial score (nSPS) is 15.1. The minimum absolute atomic E-state index is 0.352. The van der Waals surface area contributed by atoms with Crippen LogP contribution in [0.4, 0.5) is 0 Å². The zero-order valence-corrected chi connectivity index (χ0v) is 11.6. The van der Waals surface area contributed by atoms with Gasteiger partial charge in [-0.05, 0) is 0 Å². The highest BCUT2D eigenvalue weighted by atomic mass is 16.5. The molecule has 0 heterocycles. The molecule has 0 aliphatic carbocycles. The van der Waals surface area contributed by atoms with Gasteiger partial charge in [-0.3, -0.25) is 5.21 Å². The van der Waals surface area contributed by atoms with Crippen LogP contribution >= 0.6 is 0 Å². The molecule has 0 bridgehead atoms. The molecule has 6 nitrogen and oxygen atoms in total. The Morgan fingerprint density at radius 2 is 1.33 bits per heavy atom. The van der Waals surface area contributed by atoms with Crippen molar-refractivity contribution in [1.29, 1.82) is 10.5 Å². The fourth-order valence-electron chi connectivity index (χ4n) is 1.07. The van der Waals surface area contributed by atoms with Crippen LogP contribution in [0.3, 0.4) is 0 Å². The first-order valence-corrected chi connectivity index (χ1v) is 5.47. The van der Waals surface area contributed by atoms with Crippen molar-refractivity contribution in [2.24, 2.45) is 0 Å². The Balaban J connectivity index is 6.19. The van der Waals surface area contributed by atoms with E-state index in [0.29, 0.717) is 9.48 Å². The molecule has 0 saturated heterocycles. The first-order chi connectivity index (χ1) is 7.96. The van der Waals surface area contributed by atoms with Crippen LogP contribution in [0.25, 0.3) is 0 Å². The molecule has 0 rings (SSSR count). The maximum absolute atomic E-state index is 12.0. The molecule has 0 radical (unpaired) electrons. The second-order valence-corrected chi connectivity index (χ2v) is 5.87. The lowest BCUT2D eigenvalue weighted by atomic mass is 10.1. The van der Waals surface area contributed by atoms with Crippen LogP contribution in [0.2, 0.25) is 0 Å². The lowest BCUT2D eigenvalue weighted by Gasteiger charge is -2.19. The van der Waals surface area contributed by atoms with Crippen molar-refractivity contribution >= 4 is 11.4 Å². The van der Waals surface area contributed by atoms with Crippen molar-refractivity contribution in [3.8, 4) is 12.1 Å². The predicted molar refractivity (Wildman–Crippen MR) is 66.4 cm³/mol. The summed E-state index contributed by atoms with van der Waals surface area (Å²) in [5, 5.41) is 40.0. The lowest BCUT2D eigenvalue weighted by molar-refractivity contribution is -0.818. The fourth-order valence-corrected chi connectivity index (χ4v) is 1.07. The molecule has 0 aromatic rings. The lowest BCUT2D eigenvalue weighted by Crippen LogP contribution is -2.43. The summed E-state index contributed by atoms with van der Waals surface area (Å²) >= 11 is 0. The van der Waals surface area contributed by atoms with Crippen LogP contribution in [-0.4, -0.2) is 37.2 Å². The molecule has 18 heavy (non-hydrogen) atoms. The highest BCUT2D eigenvalue weighted by molar-refractivity contribution is 6.49. The Hall–Kier alpha value is -2.08. The zero-order valence-electron chi connectivity index (χ0n) is 11.6. The van der Waals surface area contributed by atoms with Crippen molar-refractivity contribution in [3.05, 3.63) is 5.21 Å². The van der Waals surface area contributed by atoms with Crippen molar-refractivity contribution in [3.63, 3.8) is 0 Å². The SMILES string of the molecule is CC(C)(C)/[N+]([O-])=C(C#N)/C(C#N)=[N+](\O)C(C)(C)C. The minimum atomic E-state index is -0.869. The molecule has 0 aromatic heterocycles. The van der Waals surface area contributed by atoms with E-state index >= 15 is 0 Å². The number of nitrogens with zero attached hydrogens (tertiary/aromatic N) is 4. The van der Waals surface area contributed by atoms with Gasteiger partial charge in [0.15, 0.2) is 17.7 Å². The molecule has 0 amide bonds. The molecule has 0 atom stereocenters. The van der Waals surface area contributed by atoms with Crippen LogP contribution in [-0.2, 0) is 0 Å². The molecule has 0 spiro atoms. The number of rotatable bonds is 1. The average molecular weight is 251 g/mol. The molecule has 0 aromatic carbocycles. The van der Waals surface area contributed by atoms with Crippen LogP contribution in [0, 0.1) is 27.9 Å². The van der Waals surface area contributed by atoms with Crippen molar-refractivity contribution in [2.45, 2.75) is 52.6 Å². The van der Waals surface area contributed by atoms with Gasteiger partial charge in [0.05, 0.1) is 0 Å². The second kappa shape index (κ2) is 5.05. The summed E-state index contributed by atoms with van der Waals surface area (Å²) in [5.74, 6) is 0. The Kier molecular flexibility index (Phi) is 4.47. The summed E-state index contributed by atoms with van der Waals surface area (Å²) in [6.45, 7) is 9.82. The maximum atomic E-state index is 12.0. The fraction of sp³-hybridized carbons (Fsp3) is 0.667. The molecule has 0 fully saturated rings. The molecule has 1 N–H and O–H groups in total. The van der Waals surface area contributed by atoms with Gasteiger partial charge in [-0.25, -0.2) is 0 Å². The summed E-state index contributed by atoms with van der Waals surface area (Å²) in [4.78, 5) is 0. The van der Waals surface area contributed by atoms with E-state index in [1.165, 1.54) is 0 Å². The van der Waals surface area contributed by atoms with E-state index < -0.39 is 16.8 Å². The Bertz CT molecular complexity index is 430. The van der Waals surface area contributed by atoms with Crippen LogP contribution < -0.4 is 0 Å². The van der Waals surface area contributed by atoms with Crippen LogP contribution in [0.1, 0.15) is 41.5 Å². The smallest absolute Gasteiger partial charge is 0.410 e. The van der Waals surface area contributed by atoms with Crippen LogP contribution in [0.15, 0.2) is 0 Å². The van der Waals surface area contributed by atoms with Gasteiger partial charge in [0.25, 0.3) is 0 Å². The predicted octanol–water partition coefficient (Wildman–Crippen LogP) is 1.42. The zero-order chi connectivity index (χ0) is 14.7. The number of nitriles is 2. The summed E-state index contributed by atoms with van der Waals surface area (Å²) in [5.41, 5.74) is -2.41. The molecular weight excluding hydrogens is 232 g/mol. The van der Waals surface area contributed by atoms with Gasteiger partial charge < -0.3 is 5.21 Å². The van der Waals surface area contributed by atoms with Gasteiger partial charge >= 0.3 is 11.4 Å². The van der Waals surface area contributed by atoms with Crippen molar-refractivity contribution in [1.82, 2.24) is 0 Å². The summed E-state index contributed by atoms with van der Waals surface area (Å²) < 4.78 is 1.07. The summed E-state index contributed by atoms with van der Waals surface area (Å²) in [6, 6.07) is 3.39. The van der Waals surface area contributed by atoms with E-state index in [1.807, 2.05) is 0 Å². The Labute approximate surface area is 107 Å². The molecular formula is C12H19N4O2+. The summed E-state index contributed by atoms with van der Waals surface area (Å²) in [7, 11) is 0. The van der Waals surface area contributed by atoms with E-state index in [1.54, 1.807) is 53.7 Å². The van der Waals surface area contributed by atoms with Gasteiger partial charge in [0.2, 0.25) is 5.54 Å². The molecule has 6 heteroatoms. The number of hydroxylamine groups is 2. The van der Waals surface area contributed by atoms with Gasteiger partial charge in [0, 0.05) is 46.3 Å². The van der Waals surface area contributed by atoms with Crippen molar-refractivity contribution < 1.29 is 14.7 Å². The minimum Gasteiger partial charge on any atom is -0.622 e. The topological polar surface area (TPSA) is 96.9 Å². The van der Waals surface area contributed by atoms with E-state index in [-0.39, 0.29) is 5.71 Å². The third-order valence-corrected chi connectivity index (χ3v) is 2.10. The monoisotopic (exact) mass is 251 g/mol. The Morgan fingerprint density at radius 1 is 0.944 bits per heavy atom. The van der Waals surface area contributed by atoms with Gasteiger partial charge in [0.1, 0.15) is 0 Å². The molecule has 0 aliphatic heterocycles. The standard InChI is InChI=1S/C12H19N4O2/c1-11(2,3)15(17)9(7-13)10(8-14)16(18)12(4,5)6/h17H,1-6H3/q+1/b15-9-,16-10-. The van der Waals surface area contributed by atoms with Gasteiger partial charge in [-0.2, -0.15) is 15.3 Å². The third-order valence-electron chi connectivity index (χ3n) is 2.10. The molecule has 0 saturated carbocycles. The number of hydrogen-bond acceptors (Lipinski definition) is 4. The average Bonchev–Trinajstić information content (AvgIpc) is 2.21. The van der Waals surface area contributed by atoms with Crippen LogP contribution in [0.5, 0.6) is 0 Å². The first-order valence-electron chi connectivity index (χ1n) is 5.47. The molecule has 0 unspecified atom stereocenters. The summed E-state index contributed by atoms with van der Waals surface area (Å²) in [6.07, 6.45) is 0. The Morgan fingerprint density at radius 3 is 1.56 bits per heavy atom. The molecule has 0 aliphatic rings. The highest BCUT2D eigenvalue weighted by Crippen LogP contribution is 2.09. The van der Waals surface area contributed by atoms with E-state index in [4.69, 9.17) is 10.5 Å². The third kappa shape index (κ3) is 3.46. The van der Waals surface area contributed by atoms with Crippen molar-refractivity contribution in [2.75, 3.05) is 0 Å². The quantitative estimate of drug-likeness (QED) is 0.250. The van der Waals surface area contributed by atoms with E-state index in [0.717, 1.165) is 0 Å². The maximum Gasteiger partial charge on any atom is 0.410 e.